The number of anilines is 4. The minimum Gasteiger partial charge on any atom is -0.497 e. The van der Waals surface area contributed by atoms with Crippen LogP contribution in [0.5, 0.6) is 5.75 Å². The second-order valence-electron chi connectivity index (χ2n) is 7.73. The van der Waals surface area contributed by atoms with Gasteiger partial charge in [0, 0.05) is 23.0 Å². The SMILES string of the molecule is COc1ccc(N(C(=O)Nc2ccc(Cl)cc2)c2ccnc(NC(C)C(C)(C)O)n2)cc1. The molecule has 3 rings (SSSR count). The van der Waals surface area contributed by atoms with Crippen LogP contribution in [-0.2, 0) is 0 Å². The number of hydrogen-bond acceptors (Lipinski definition) is 6. The molecule has 8 nitrogen and oxygen atoms in total. The van der Waals surface area contributed by atoms with E-state index < -0.39 is 11.6 Å². The van der Waals surface area contributed by atoms with Crippen LogP contribution in [0.3, 0.4) is 0 Å². The summed E-state index contributed by atoms with van der Waals surface area (Å²) in [5.74, 6) is 1.30. The molecular formula is C23H26ClN5O3. The molecule has 1 aromatic heterocycles. The van der Waals surface area contributed by atoms with Gasteiger partial charge in [0.2, 0.25) is 5.95 Å². The summed E-state index contributed by atoms with van der Waals surface area (Å²) >= 11 is 5.95. The van der Waals surface area contributed by atoms with Gasteiger partial charge >= 0.3 is 6.03 Å². The number of ether oxygens (including phenoxy) is 1. The number of carbonyl (C=O) groups excluding carboxylic acids is 1. The Morgan fingerprint density at radius 2 is 1.78 bits per heavy atom. The van der Waals surface area contributed by atoms with Crippen LogP contribution >= 0.6 is 11.6 Å². The molecule has 32 heavy (non-hydrogen) atoms. The van der Waals surface area contributed by atoms with E-state index in [-0.39, 0.29) is 12.0 Å². The lowest BCUT2D eigenvalue weighted by molar-refractivity contribution is 0.0646. The Labute approximate surface area is 192 Å². The van der Waals surface area contributed by atoms with Crippen LogP contribution < -0.4 is 20.3 Å². The Morgan fingerprint density at radius 3 is 2.38 bits per heavy atom. The average Bonchev–Trinajstić information content (AvgIpc) is 2.76. The van der Waals surface area contributed by atoms with Crippen molar-refractivity contribution in [1.82, 2.24) is 9.97 Å². The zero-order valence-electron chi connectivity index (χ0n) is 18.3. The third-order valence-electron chi connectivity index (χ3n) is 4.90. The predicted octanol–water partition coefficient (Wildman–Crippen LogP) is 5.08. The van der Waals surface area contributed by atoms with Crippen LogP contribution in [0.25, 0.3) is 0 Å². The molecule has 168 valence electrons. The third kappa shape index (κ3) is 5.87. The van der Waals surface area contributed by atoms with Crippen LogP contribution in [-0.4, -0.2) is 39.9 Å². The predicted molar refractivity (Wildman–Crippen MR) is 127 cm³/mol. The van der Waals surface area contributed by atoms with Crippen LogP contribution in [0.2, 0.25) is 5.02 Å². The number of aliphatic hydroxyl groups is 1. The topological polar surface area (TPSA) is 99.6 Å². The molecule has 0 aliphatic carbocycles. The average molecular weight is 456 g/mol. The second-order valence-corrected chi connectivity index (χ2v) is 8.17. The fraction of sp³-hybridized carbons (Fsp3) is 0.261. The lowest BCUT2D eigenvalue weighted by atomic mass is 10.0. The number of nitrogens with one attached hydrogen (secondary N) is 2. The maximum Gasteiger partial charge on any atom is 0.332 e. The summed E-state index contributed by atoms with van der Waals surface area (Å²) in [5, 5.41) is 16.7. The van der Waals surface area contributed by atoms with Crippen molar-refractivity contribution in [3.63, 3.8) is 0 Å². The Hall–Kier alpha value is -3.36. The minimum atomic E-state index is -0.985. The summed E-state index contributed by atoms with van der Waals surface area (Å²) in [5.41, 5.74) is 0.180. The first-order chi connectivity index (χ1) is 15.2. The van der Waals surface area contributed by atoms with Crippen molar-refractivity contribution >= 4 is 40.8 Å². The molecule has 0 spiro atoms. The Morgan fingerprint density at radius 1 is 1.12 bits per heavy atom. The number of aromatic nitrogens is 2. The first-order valence-electron chi connectivity index (χ1n) is 10.00. The summed E-state index contributed by atoms with van der Waals surface area (Å²) in [7, 11) is 1.58. The molecule has 3 aromatic rings. The molecule has 2 aromatic carbocycles. The van der Waals surface area contributed by atoms with Gasteiger partial charge in [-0.2, -0.15) is 4.98 Å². The van der Waals surface area contributed by atoms with Crippen LogP contribution in [0.15, 0.2) is 60.8 Å². The smallest absolute Gasteiger partial charge is 0.332 e. The Kier molecular flexibility index (Phi) is 7.17. The van der Waals surface area contributed by atoms with E-state index in [4.69, 9.17) is 16.3 Å². The normalized spacial score (nSPS) is 12.1. The number of amides is 2. The van der Waals surface area contributed by atoms with Gasteiger partial charge < -0.3 is 20.5 Å². The molecule has 1 unspecified atom stereocenters. The molecule has 3 N–H and O–H groups in total. The summed E-state index contributed by atoms with van der Waals surface area (Å²) in [6.07, 6.45) is 1.55. The van der Waals surface area contributed by atoms with E-state index in [9.17, 15) is 9.90 Å². The second kappa shape index (κ2) is 9.84. The van der Waals surface area contributed by atoms with Gasteiger partial charge in [0.1, 0.15) is 11.6 Å². The standard InChI is InChI=1S/C23H26ClN5O3/c1-15(23(2,3)31)26-21-25-14-13-20(28-21)29(18-9-11-19(32-4)12-10-18)22(30)27-17-7-5-16(24)6-8-17/h5-15,31H,1-4H3,(H,27,30)(H,25,26,28). The monoisotopic (exact) mass is 455 g/mol. The van der Waals surface area contributed by atoms with Gasteiger partial charge in [0.15, 0.2) is 0 Å². The van der Waals surface area contributed by atoms with Crippen molar-refractivity contribution in [2.24, 2.45) is 0 Å². The number of benzene rings is 2. The molecular weight excluding hydrogens is 430 g/mol. The summed E-state index contributed by atoms with van der Waals surface area (Å²) in [4.78, 5) is 23.4. The number of urea groups is 1. The van der Waals surface area contributed by atoms with Gasteiger partial charge in [-0.1, -0.05) is 11.6 Å². The Balaban J connectivity index is 1.95. The summed E-state index contributed by atoms with van der Waals surface area (Å²) < 4.78 is 5.23. The zero-order chi connectivity index (χ0) is 23.3. The van der Waals surface area contributed by atoms with E-state index in [0.29, 0.717) is 28.0 Å². The number of methoxy groups -OCH3 is 1. The van der Waals surface area contributed by atoms with Gasteiger partial charge in [0.25, 0.3) is 0 Å². The largest absolute Gasteiger partial charge is 0.497 e. The molecule has 1 heterocycles. The molecule has 0 saturated heterocycles. The molecule has 0 fully saturated rings. The minimum absolute atomic E-state index is 0.287. The highest BCUT2D eigenvalue weighted by molar-refractivity contribution is 6.30. The highest BCUT2D eigenvalue weighted by atomic mass is 35.5. The van der Waals surface area contributed by atoms with E-state index in [1.807, 2.05) is 6.92 Å². The molecule has 0 radical (unpaired) electrons. The summed E-state index contributed by atoms with van der Waals surface area (Å²) in [6.45, 7) is 5.21. The molecule has 0 saturated carbocycles. The lowest BCUT2D eigenvalue weighted by Gasteiger charge is -2.27. The van der Waals surface area contributed by atoms with Crippen molar-refractivity contribution in [2.45, 2.75) is 32.4 Å². The zero-order valence-corrected chi connectivity index (χ0v) is 19.1. The number of rotatable bonds is 7. The summed E-state index contributed by atoms with van der Waals surface area (Å²) in [6, 6.07) is 14.7. The fourth-order valence-electron chi connectivity index (χ4n) is 2.71. The van der Waals surface area contributed by atoms with Crippen molar-refractivity contribution in [1.29, 1.82) is 0 Å². The van der Waals surface area contributed by atoms with Crippen LogP contribution in [0.4, 0.5) is 27.9 Å². The van der Waals surface area contributed by atoms with E-state index in [2.05, 4.69) is 20.6 Å². The van der Waals surface area contributed by atoms with E-state index in [1.54, 1.807) is 81.8 Å². The maximum absolute atomic E-state index is 13.3. The van der Waals surface area contributed by atoms with E-state index in [0.717, 1.165) is 0 Å². The molecule has 0 aliphatic rings. The van der Waals surface area contributed by atoms with Gasteiger partial charge in [-0.15, -0.1) is 0 Å². The van der Waals surface area contributed by atoms with Gasteiger partial charge in [-0.25, -0.2) is 14.7 Å². The van der Waals surface area contributed by atoms with Crippen molar-refractivity contribution in [3.8, 4) is 5.75 Å². The van der Waals surface area contributed by atoms with Crippen molar-refractivity contribution in [2.75, 3.05) is 22.6 Å². The number of halogens is 1. The van der Waals surface area contributed by atoms with Crippen LogP contribution in [0.1, 0.15) is 20.8 Å². The first kappa shape index (κ1) is 23.3. The fourth-order valence-corrected chi connectivity index (χ4v) is 2.84. The van der Waals surface area contributed by atoms with Crippen LogP contribution in [0, 0.1) is 0 Å². The lowest BCUT2D eigenvalue weighted by Crippen LogP contribution is -2.40. The van der Waals surface area contributed by atoms with Gasteiger partial charge in [-0.3, -0.25) is 0 Å². The number of nitrogens with zero attached hydrogens (tertiary/aromatic N) is 3. The van der Waals surface area contributed by atoms with Gasteiger partial charge in [0.05, 0.1) is 24.4 Å². The maximum atomic E-state index is 13.3. The molecule has 1 atom stereocenters. The molecule has 2 amide bonds. The molecule has 0 bridgehead atoms. The van der Waals surface area contributed by atoms with E-state index >= 15 is 0 Å². The highest BCUT2D eigenvalue weighted by Gasteiger charge is 2.24. The van der Waals surface area contributed by atoms with E-state index in [1.165, 1.54) is 4.90 Å². The highest BCUT2D eigenvalue weighted by Crippen LogP contribution is 2.28. The number of carbonyl (C=O) groups is 1. The van der Waals surface area contributed by atoms with Crippen molar-refractivity contribution in [3.05, 3.63) is 65.8 Å². The van der Waals surface area contributed by atoms with Crippen molar-refractivity contribution < 1.29 is 14.6 Å². The molecule has 9 heteroatoms. The third-order valence-corrected chi connectivity index (χ3v) is 5.16. The number of hydrogen-bond donors (Lipinski definition) is 3. The first-order valence-corrected chi connectivity index (χ1v) is 10.4. The van der Waals surface area contributed by atoms with Gasteiger partial charge in [-0.05, 0) is 69.3 Å². The quantitative estimate of drug-likeness (QED) is 0.459. The molecule has 0 aliphatic heterocycles. The Bertz CT molecular complexity index is 1050.